The third-order valence-electron chi connectivity index (χ3n) is 5.01. The molecule has 1 aliphatic carbocycles. The molecule has 0 radical (unpaired) electrons. The van der Waals surface area contributed by atoms with Crippen LogP contribution in [0.5, 0.6) is 0 Å². The molecule has 28 heavy (non-hydrogen) atoms. The van der Waals surface area contributed by atoms with Crippen LogP contribution in [0.2, 0.25) is 0 Å². The fraction of sp³-hybridized carbons (Fsp3) is 0.450. The largest absolute Gasteiger partial charge is 0.478 e. The van der Waals surface area contributed by atoms with Gasteiger partial charge >= 0.3 is 5.97 Å². The van der Waals surface area contributed by atoms with Gasteiger partial charge in [-0.1, -0.05) is 22.0 Å². The van der Waals surface area contributed by atoms with Gasteiger partial charge in [0.15, 0.2) is 0 Å². The first-order valence-corrected chi connectivity index (χ1v) is 9.98. The lowest BCUT2D eigenvalue weighted by Gasteiger charge is -2.19. The van der Waals surface area contributed by atoms with Crippen LogP contribution in [0.4, 0.5) is 5.69 Å². The third-order valence-corrected chi connectivity index (χ3v) is 5.75. The molecule has 8 heteroatoms. The minimum atomic E-state index is -1.03. The Labute approximate surface area is 171 Å². The topological polar surface area (TPSA) is 95.9 Å². The van der Waals surface area contributed by atoms with Gasteiger partial charge in [-0.15, -0.1) is 0 Å². The maximum Gasteiger partial charge on any atom is 0.332 e. The van der Waals surface area contributed by atoms with Crippen molar-refractivity contribution in [1.29, 1.82) is 0 Å². The Kier molecular flexibility index (Phi) is 5.90. The highest BCUT2D eigenvalue weighted by Gasteiger charge is 2.40. The highest BCUT2D eigenvalue weighted by molar-refractivity contribution is 9.10. The number of hydrogen-bond acceptors (Lipinski definition) is 4. The van der Waals surface area contributed by atoms with E-state index in [4.69, 9.17) is 4.84 Å². The Bertz CT molecular complexity index is 862. The number of benzene rings is 1. The molecule has 3 rings (SSSR count). The Balaban J connectivity index is 1.71. The van der Waals surface area contributed by atoms with E-state index in [2.05, 4.69) is 21.2 Å². The van der Waals surface area contributed by atoms with Crippen LogP contribution in [0.3, 0.4) is 0 Å². The Morgan fingerprint density at radius 1 is 1.25 bits per heavy atom. The van der Waals surface area contributed by atoms with Crippen LogP contribution >= 0.6 is 15.9 Å². The van der Waals surface area contributed by atoms with Gasteiger partial charge in [0.05, 0.1) is 18.6 Å². The van der Waals surface area contributed by atoms with Gasteiger partial charge in [-0.2, -0.15) is 0 Å². The molecule has 2 N–H and O–H groups in total. The molecular formula is C20H23BrN2O5. The first-order valence-electron chi connectivity index (χ1n) is 9.19. The van der Waals surface area contributed by atoms with Gasteiger partial charge in [0, 0.05) is 21.3 Å². The number of carboxylic acids is 1. The van der Waals surface area contributed by atoms with E-state index < -0.39 is 11.4 Å². The fourth-order valence-corrected chi connectivity index (χ4v) is 3.83. The van der Waals surface area contributed by atoms with Crippen molar-refractivity contribution in [2.45, 2.75) is 46.1 Å². The number of nitrogens with zero attached hydrogens (tertiary/aromatic N) is 1. The zero-order valence-electron chi connectivity index (χ0n) is 15.9. The summed E-state index contributed by atoms with van der Waals surface area (Å²) in [5.74, 6) is -1.47. The monoisotopic (exact) mass is 450 g/mol. The standard InChI is InChI=1S/C20H23BrN2O5/c1-20(2)11-28-23(19(20)27)10-12-7-8-13(9-16(12)21)22-17(24)14-5-3-4-6-15(14)18(25)26/h7-9H,3-6,10-11H2,1-2H3,(H,22,24)(H,25,26). The molecule has 0 bridgehead atoms. The van der Waals surface area contributed by atoms with Crippen LogP contribution < -0.4 is 5.32 Å². The summed E-state index contributed by atoms with van der Waals surface area (Å²) in [5.41, 5.74) is 1.41. The van der Waals surface area contributed by atoms with Crippen molar-refractivity contribution >= 4 is 39.4 Å². The Morgan fingerprint density at radius 3 is 2.50 bits per heavy atom. The van der Waals surface area contributed by atoms with Crippen molar-refractivity contribution in [3.05, 3.63) is 39.4 Å². The summed E-state index contributed by atoms with van der Waals surface area (Å²) in [4.78, 5) is 41.7. The van der Waals surface area contributed by atoms with Gasteiger partial charge in [-0.3, -0.25) is 14.4 Å². The van der Waals surface area contributed by atoms with Crippen molar-refractivity contribution in [2.24, 2.45) is 5.41 Å². The molecule has 0 atom stereocenters. The van der Waals surface area contributed by atoms with Crippen molar-refractivity contribution in [3.8, 4) is 0 Å². The van der Waals surface area contributed by atoms with Crippen LogP contribution in [0.25, 0.3) is 0 Å². The molecule has 7 nitrogen and oxygen atoms in total. The summed E-state index contributed by atoms with van der Waals surface area (Å²) in [6.45, 7) is 4.33. The van der Waals surface area contributed by atoms with Gasteiger partial charge in [-0.05, 0) is 57.2 Å². The normalized spacial score (nSPS) is 19.1. The number of halogens is 1. The van der Waals surface area contributed by atoms with E-state index in [0.717, 1.165) is 22.9 Å². The smallest absolute Gasteiger partial charge is 0.332 e. The molecule has 0 aromatic heterocycles. The van der Waals surface area contributed by atoms with Crippen LogP contribution in [0.15, 0.2) is 33.8 Å². The third kappa shape index (κ3) is 4.28. The maximum atomic E-state index is 12.6. The number of carbonyl (C=O) groups excluding carboxylic acids is 2. The molecule has 1 aromatic carbocycles. The van der Waals surface area contributed by atoms with E-state index >= 15 is 0 Å². The summed E-state index contributed by atoms with van der Waals surface area (Å²) >= 11 is 3.47. The Hall–Kier alpha value is -2.19. The number of aliphatic carboxylic acids is 1. The van der Waals surface area contributed by atoms with Gasteiger partial charge < -0.3 is 10.4 Å². The second kappa shape index (κ2) is 8.05. The summed E-state index contributed by atoms with van der Waals surface area (Å²) in [6.07, 6.45) is 2.48. The predicted octanol–water partition coefficient (Wildman–Crippen LogP) is 3.64. The van der Waals surface area contributed by atoms with Crippen LogP contribution in [-0.4, -0.2) is 34.6 Å². The molecule has 1 fully saturated rings. The number of hydroxylamine groups is 2. The van der Waals surface area contributed by atoms with Gasteiger partial charge in [0.1, 0.15) is 0 Å². The lowest BCUT2D eigenvalue weighted by Crippen LogP contribution is -2.30. The van der Waals surface area contributed by atoms with E-state index in [1.807, 2.05) is 13.8 Å². The van der Waals surface area contributed by atoms with Gasteiger partial charge in [-0.25, -0.2) is 9.86 Å². The number of rotatable bonds is 5. The molecule has 0 unspecified atom stereocenters. The molecule has 0 spiro atoms. The van der Waals surface area contributed by atoms with Crippen LogP contribution in [-0.2, 0) is 25.8 Å². The summed E-state index contributed by atoms with van der Waals surface area (Å²) < 4.78 is 0.725. The molecular weight excluding hydrogens is 428 g/mol. The van der Waals surface area contributed by atoms with E-state index in [-0.39, 0.29) is 17.4 Å². The minimum absolute atomic E-state index is 0.0674. The number of nitrogens with one attached hydrogen (secondary N) is 1. The van der Waals surface area contributed by atoms with Crippen LogP contribution in [0.1, 0.15) is 45.1 Å². The number of anilines is 1. The maximum absolute atomic E-state index is 12.6. The second-order valence-electron chi connectivity index (χ2n) is 7.73. The van der Waals surface area contributed by atoms with E-state index in [1.165, 1.54) is 5.06 Å². The van der Waals surface area contributed by atoms with Crippen molar-refractivity contribution < 1.29 is 24.3 Å². The zero-order chi connectivity index (χ0) is 20.5. The SMILES string of the molecule is CC1(C)CON(Cc2ccc(NC(=O)C3=C(C(=O)O)CCCC3)cc2Br)C1=O. The molecule has 1 saturated heterocycles. The zero-order valence-corrected chi connectivity index (χ0v) is 17.5. The highest BCUT2D eigenvalue weighted by atomic mass is 79.9. The number of amides is 2. The van der Waals surface area contributed by atoms with Gasteiger partial charge in [0.25, 0.3) is 11.8 Å². The molecule has 150 valence electrons. The molecule has 1 heterocycles. The average molecular weight is 451 g/mol. The molecule has 1 aliphatic heterocycles. The van der Waals surface area contributed by atoms with E-state index in [1.54, 1.807) is 18.2 Å². The van der Waals surface area contributed by atoms with Crippen LogP contribution in [0, 0.1) is 5.41 Å². The summed E-state index contributed by atoms with van der Waals surface area (Å²) in [7, 11) is 0. The van der Waals surface area contributed by atoms with Crippen molar-refractivity contribution in [2.75, 3.05) is 11.9 Å². The summed E-state index contributed by atoms with van der Waals surface area (Å²) in [6, 6.07) is 5.27. The minimum Gasteiger partial charge on any atom is -0.478 e. The predicted molar refractivity (Wildman–Crippen MR) is 106 cm³/mol. The molecule has 1 aromatic rings. The molecule has 2 aliphatic rings. The van der Waals surface area contributed by atoms with Crippen molar-refractivity contribution in [1.82, 2.24) is 5.06 Å². The highest BCUT2D eigenvalue weighted by Crippen LogP contribution is 2.31. The lowest BCUT2D eigenvalue weighted by atomic mass is 9.91. The fourth-order valence-electron chi connectivity index (χ4n) is 3.32. The molecule has 2 amide bonds. The second-order valence-corrected chi connectivity index (χ2v) is 8.58. The number of carboxylic acid groups (broad SMARTS) is 1. The van der Waals surface area contributed by atoms with Gasteiger partial charge in [0.2, 0.25) is 0 Å². The number of hydrogen-bond donors (Lipinski definition) is 2. The van der Waals surface area contributed by atoms with E-state index in [0.29, 0.717) is 37.3 Å². The molecule has 0 saturated carbocycles. The Morgan fingerprint density at radius 2 is 1.93 bits per heavy atom. The average Bonchev–Trinajstić information content (AvgIpc) is 2.90. The number of carbonyl (C=O) groups is 3. The first-order chi connectivity index (χ1) is 13.2. The first kappa shape index (κ1) is 20.5. The van der Waals surface area contributed by atoms with Crippen molar-refractivity contribution in [3.63, 3.8) is 0 Å². The summed E-state index contributed by atoms with van der Waals surface area (Å²) in [5, 5.41) is 13.4. The van der Waals surface area contributed by atoms with E-state index in [9.17, 15) is 19.5 Å². The quantitative estimate of drug-likeness (QED) is 0.713. The lowest BCUT2D eigenvalue weighted by molar-refractivity contribution is -0.165.